The Kier molecular flexibility index (Phi) is 5.27. The quantitative estimate of drug-likeness (QED) is 0.789. The summed E-state index contributed by atoms with van der Waals surface area (Å²) in [4.78, 5) is 11.6. The number of hydrogen-bond donors (Lipinski definition) is 2. The van der Waals surface area contributed by atoms with Crippen LogP contribution in [0.4, 0.5) is 4.79 Å². The number of nitrogens with zero attached hydrogens (tertiary/aromatic N) is 1. The fourth-order valence-corrected chi connectivity index (χ4v) is 2.34. The molecule has 96 valence electrons. The van der Waals surface area contributed by atoms with Crippen LogP contribution in [0.2, 0.25) is 0 Å². The first-order valence-electron chi connectivity index (χ1n) is 6.63. The number of nitriles is 1. The molecule has 2 amide bonds. The minimum atomic E-state index is -0.635. The summed E-state index contributed by atoms with van der Waals surface area (Å²) in [7, 11) is 0. The van der Waals surface area contributed by atoms with Gasteiger partial charge in [0.25, 0.3) is 0 Å². The Labute approximate surface area is 104 Å². The molecule has 0 aromatic carbocycles. The molecule has 1 rings (SSSR count). The Balaban J connectivity index is 2.48. The Morgan fingerprint density at radius 2 is 2.06 bits per heavy atom. The molecule has 2 N–H and O–H groups in total. The van der Waals surface area contributed by atoms with Crippen molar-refractivity contribution in [1.82, 2.24) is 10.6 Å². The van der Waals surface area contributed by atoms with Crippen LogP contribution < -0.4 is 10.6 Å². The van der Waals surface area contributed by atoms with Gasteiger partial charge in [0.15, 0.2) is 0 Å². The third kappa shape index (κ3) is 3.92. The molecule has 1 aliphatic rings. The van der Waals surface area contributed by atoms with Gasteiger partial charge in [-0.1, -0.05) is 20.3 Å². The molecule has 4 nitrogen and oxygen atoms in total. The SMILES string of the molecule is CCCNC(=O)NC1(C#N)CCC(CC)CC1. The Bertz CT molecular complexity index is 288. The minimum absolute atomic E-state index is 0.205. The second-order valence-electron chi connectivity index (χ2n) is 4.93. The fourth-order valence-electron chi connectivity index (χ4n) is 2.34. The number of carbonyl (C=O) groups excluding carboxylic acids is 1. The van der Waals surface area contributed by atoms with Crippen molar-refractivity contribution < 1.29 is 4.79 Å². The normalized spacial score (nSPS) is 28.2. The molecule has 0 atom stereocenters. The molecule has 0 spiro atoms. The lowest BCUT2D eigenvalue weighted by atomic mass is 9.76. The van der Waals surface area contributed by atoms with Gasteiger partial charge in [0.2, 0.25) is 0 Å². The molecule has 1 aliphatic carbocycles. The van der Waals surface area contributed by atoms with E-state index in [2.05, 4.69) is 23.6 Å². The summed E-state index contributed by atoms with van der Waals surface area (Å²) in [6.07, 6.45) is 5.72. The van der Waals surface area contributed by atoms with Crippen LogP contribution in [-0.2, 0) is 0 Å². The molecule has 17 heavy (non-hydrogen) atoms. The zero-order chi connectivity index (χ0) is 12.7. The summed E-state index contributed by atoms with van der Waals surface area (Å²) in [6.45, 7) is 4.85. The molecule has 0 saturated heterocycles. The second-order valence-corrected chi connectivity index (χ2v) is 4.93. The molecule has 0 radical (unpaired) electrons. The van der Waals surface area contributed by atoms with Gasteiger partial charge in [-0.2, -0.15) is 5.26 Å². The van der Waals surface area contributed by atoms with Crippen molar-refractivity contribution in [3.05, 3.63) is 0 Å². The molecule has 0 aliphatic heterocycles. The van der Waals surface area contributed by atoms with Crippen molar-refractivity contribution in [2.24, 2.45) is 5.92 Å². The van der Waals surface area contributed by atoms with E-state index in [1.807, 2.05) is 6.92 Å². The smallest absolute Gasteiger partial charge is 0.316 e. The third-order valence-electron chi connectivity index (χ3n) is 3.64. The van der Waals surface area contributed by atoms with Gasteiger partial charge in [-0.05, 0) is 38.0 Å². The van der Waals surface area contributed by atoms with Gasteiger partial charge in [-0.3, -0.25) is 0 Å². The molecule has 0 unspecified atom stereocenters. The average molecular weight is 237 g/mol. The summed E-state index contributed by atoms with van der Waals surface area (Å²) < 4.78 is 0. The van der Waals surface area contributed by atoms with Crippen molar-refractivity contribution >= 4 is 6.03 Å². The van der Waals surface area contributed by atoms with E-state index < -0.39 is 5.54 Å². The number of amides is 2. The van der Waals surface area contributed by atoms with E-state index in [9.17, 15) is 10.1 Å². The highest BCUT2D eigenvalue weighted by Crippen LogP contribution is 2.33. The Morgan fingerprint density at radius 1 is 1.41 bits per heavy atom. The number of urea groups is 1. The van der Waals surface area contributed by atoms with Crippen molar-refractivity contribution in [3.8, 4) is 6.07 Å². The lowest BCUT2D eigenvalue weighted by molar-refractivity contribution is 0.207. The minimum Gasteiger partial charge on any atom is -0.338 e. The van der Waals surface area contributed by atoms with Gasteiger partial charge in [-0.25, -0.2) is 4.79 Å². The van der Waals surface area contributed by atoms with Crippen LogP contribution >= 0.6 is 0 Å². The van der Waals surface area contributed by atoms with Gasteiger partial charge >= 0.3 is 6.03 Å². The second kappa shape index (κ2) is 6.48. The fraction of sp³-hybridized carbons (Fsp3) is 0.846. The maximum atomic E-state index is 11.6. The maximum absolute atomic E-state index is 11.6. The first-order chi connectivity index (χ1) is 8.15. The molecule has 0 heterocycles. The van der Waals surface area contributed by atoms with Crippen LogP contribution in [0.15, 0.2) is 0 Å². The van der Waals surface area contributed by atoms with Crippen LogP contribution in [0.1, 0.15) is 52.4 Å². The van der Waals surface area contributed by atoms with Gasteiger partial charge in [0.1, 0.15) is 5.54 Å². The van der Waals surface area contributed by atoms with E-state index in [1.165, 1.54) is 6.42 Å². The maximum Gasteiger partial charge on any atom is 0.316 e. The molecular formula is C13H23N3O. The van der Waals surface area contributed by atoms with Crippen molar-refractivity contribution in [2.75, 3.05) is 6.54 Å². The van der Waals surface area contributed by atoms with Crippen molar-refractivity contribution in [3.63, 3.8) is 0 Å². The van der Waals surface area contributed by atoms with Crippen LogP contribution in [-0.4, -0.2) is 18.1 Å². The zero-order valence-corrected chi connectivity index (χ0v) is 10.9. The lowest BCUT2D eigenvalue weighted by Gasteiger charge is -2.35. The van der Waals surface area contributed by atoms with Crippen LogP contribution in [0.3, 0.4) is 0 Å². The summed E-state index contributed by atoms with van der Waals surface area (Å²) in [5.41, 5.74) is -0.635. The standard InChI is InChI=1S/C13H23N3O/c1-3-9-15-12(17)16-13(10-14)7-5-11(4-2)6-8-13/h11H,3-9H2,1-2H3,(H2,15,16,17). The van der Waals surface area contributed by atoms with Gasteiger partial charge in [0.05, 0.1) is 6.07 Å². The molecule has 4 heteroatoms. The number of hydrogen-bond acceptors (Lipinski definition) is 2. The topological polar surface area (TPSA) is 64.9 Å². The van der Waals surface area contributed by atoms with Crippen LogP contribution in [0, 0.1) is 17.2 Å². The van der Waals surface area contributed by atoms with Crippen LogP contribution in [0.25, 0.3) is 0 Å². The summed E-state index contributed by atoms with van der Waals surface area (Å²) in [6, 6.07) is 2.09. The molecule has 1 saturated carbocycles. The average Bonchev–Trinajstić information content (AvgIpc) is 2.37. The zero-order valence-electron chi connectivity index (χ0n) is 10.9. The highest BCUT2D eigenvalue weighted by molar-refractivity contribution is 5.75. The monoisotopic (exact) mass is 237 g/mol. The van der Waals surface area contributed by atoms with Crippen LogP contribution in [0.5, 0.6) is 0 Å². The lowest BCUT2D eigenvalue weighted by Crippen LogP contribution is -2.53. The summed E-state index contributed by atoms with van der Waals surface area (Å²) in [5, 5.41) is 14.9. The Morgan fingerprint density at radius 3 is 2.53 bits per heavy atom. The van der Waals surface area contributed by atoms with Gasteiger partial charge in [0, 0.05) is 6.54 Å². The van der Waals surface area contributed by atoms with E-state index in [0.29, 0.717) is 6.54 Å². The molecule has 0 bridgehead atoms. The van der Waals surface area contributed by atoms with Crippen molar-refractivity contribution in [1.29, 1.82) is 5.26 Å². The van der Waals surface area contributed by atoms with E-state index in [0.717, 1.165) is 38.0 Å². The summed E-state index contributed by atoms with van der Waals surface area (Å²) >= 11 is 0. The van der Waals surface area contributed by atoms with Gasteiger partial charge < -0.3 is 10.6 Å². The number of nitrogens with one attached hydrogen (secondary N) is 2. The predicted octanol–water partition coefficient (Wildman–Crippen LogP) is 2.56. The number of rotatable bonds is 4. The first-order valence-corrected chi connectivity index (χ1v) is 6.63. The molecule has 1 fully saturated rings. The van der Waals surface area contributed by atoms with E-state index >= 15 is 0 Å². The van der Waals surface area contributed by atoms with Crippen molar-refractivity contribution in [2.45, 2.75) is 57.9 Å². The Hall–Kier alpha value is -1.24. The number of carbonyl (C=O) groups is 1. The van der Waals surface area contributed by atoms with E-state index in [4.69, 9.17) is 0 Å². The highest BCUT2D eigenvalue weighted by Gasteiger charge is 2.36. The predicted molar refractivity (Wildman–Crippen MR) is 67.4 cm³/mol. The highest BCUT2D eigenvalue weighted by atomic mass is 16.2. The van der Waals surface area contributed by atoms with Gasteiger partial charge in [-0.15, -0.1) is 0 Å². The van der Waals surface area contributed by atoms with E-state index in [-0.39, 0.29) is 6.03 Å². The summed E-state index contributed by atoms with van der Waals surface area (Å²) in [5.74, 6) is 0.719. The molecular weight excluding hydrogens is 214 g/mol. The molecule has 0 aromatic heterocycles. The third-order valence-corrected chi connectivity index (χ3v) is 3.64. The first kappa shape index (κ1) is 13.8. The van der Waals surface area contributed by atoms with E-state index in [1.54, 1.807) is 0 Å². The molecule has 0 aromatic rings. The largest absolute Gasteiger partial charge is 0.338 e.